The van der Waals surface area contributed by atoms with Crippen LogP contribution < -0.4 is 0 Å². The Morgan fingerprint density at radius 1 is 1.73 bits per heavy atom. The zero-order valence-electron chi connectivity index (χ0n) is 6.43. The van der Waals surface area contributed by atoms with Crippen molar-refractivity contribution in [1.82, 2.24) is 20.2 Å². The van der Waals surface area contributed by atoms with Crippen molar-refractivity contribution in [2.24, 2.45) is 0 Å². The number of ether oxygens (including phenoxy) is 1. The van der Waals surface area contributed by atoms with Gasteiger partial charge in [-0.1, -0.05) is 0 Å². The van der Waals surface area contributed by atoms with E-state index in [9.17, 15) is 0 Å². The molecule has 6 heteroatoms. The van der Waals surface area contributed by atoms with Crippen LogP contribution in [-0.4, -0.2) is 38.7 Å². The van der Waals surface area contributed by atoms with E-state index in [0.29, 0.717) is 5.82 Å². The quantitative estimate of drug-likeness (QED) is 0.568. The van der Waals surface area contributed by atoms with Crippen molar-refractivity contribution in [3.8, 4) is 0 Å². The summed E-state index contributed by atoms with van der Waals surface area (Å²) in [4.78, 5) is 0. The van der Waals surface area contributed by atoms with E-state index in [1.165, 1.54) is 11.8 Å². The minimum Gasteiger partial charge on any atom is -0.366 e. The molecule has 0 aliphatic heterocycles. The first kappa shape index (κ1) is 8.09. The molecule has 1 atom stereocenters. The molecule has 1 aromatic heterocycles. The van der Waals surface area contributed by atoms with Gasteiger partial charge in [0, 0.05) is 7.11 Å². The lowest BCUT2D eigenvalue weighted by molar-refractivity contribution is -0.0858. The summed E-state index contributed by atoms with van der Waals surface area (Å²) in [5.41, 5.74) is 0. The molecule has 1 rings (SSSR count). The summed E-state index contributed by atoms with van der Waals surface area (Å²) in [5.74, 6) is 0.654. The number of aryl methyl sites for hydroxylation is 1. The molecule has 0 aliphatic rings. The summed E-state index contributed by atoms with van der Waals surface area (Å²) in [6, 6.07) is 0. The lowest BCUT2D eigenvalue weighted by atomic mass is 10.6. The van der Waals surface area contributed by atoms with Gasteiger partial charge in [0.1, 0.15) is 5.82 Å². The highest BCUT2D eigenvalue weighted by Gasteiger charge is 2.05. The first-order valence-corrected chi connectivity index (χ1v) is 3.17. The predicted octanol–water partition coefficient (Wildman–Crippen LogP) is -1.05. The Kier molecular flexibility index (Phi) is 2.50. The predicted molar refractivity (Wildman–Crippen MR) is 35.6 cm³/mol. The van der Waals surface area contributed by atoms with E-state index >= 15 is 0 Å². The fourth-order valence-electron chi connectivity index (χ4n) is 0.640. The van der Waals surface area contributed by atoms with Crippen molar-refractivity contribution in [3.05, 3.63) is 5.82 Å². The summed E-state index contributed by atoms with van der Waals surface area (Å²) in [6.07, 6.45) is -0.850. The molecule has 0 spiro atoms. The fourth-order valence-corrected chi connectivity index (χ4v) is 0.640. The van der Waals surface area contributed by atoms with E-state index in [4.69, 9.17) is 5.11 Å². The Hall–Kier alpha value is -1.01. The van der Waals surface area contributed by atoms with E-state index in [-0.39, 0.29) is 6.54 Å². The highest BCUT2D eigenvalue weighted by atomic mass is 16.6. The average molecular weight is 158 g/mol. The molecule has 6 nitrogen and oxygen atoms in total. The molecule has 1 N–H and O–H groups in total. The van der Waals surface area contributed by atoms with Crippen LogP contribution in [0, 0.1) is 6.92 Å². The van der Waals surface area contributed by atoms with Crippen LogP contribution >= 0.6 is 0 Å². The van der Waals surface area contributed by atoms with Crippen LogP contribution in [0.15, 0.2) is 0 Å². The molecule has 0 fully saturated rings. The zero-order valence-corrected chi connectivity index (χ0v) is 6.43. The first-order valence-electron chi connectivity index (χ1n) is 3.17. The van der Waals surface area contributed by atoms with E-state index in [1.54, 1.807) is 6.92 Å². The molecule has 0 radical (unpaired) electrons. The van der Waals surface area contributed by atoms with Gasteiger partial charge in [-0.2, -0.15) is 0 Å². The standard InChI is InChI=1S/C5H10N4O2/c1-4-6-7-8-9(4)3-5(10)11-2/h5,10H,3H2,1-2H3. The van der Waals surface area contributed by atoms with Crippen LogP contribution in [-0.2, 0) is 11.3 Å². The summed E-state index contributed by atoms with van der Waals surface area (Å²) < 4.78 is 6.08. The maximum atomic E-state index is 9.02. The third-order valence-electron chi connectivity index (χ3n) is 1.31. The number of nitrogens with zero attached hydrogens (tertiary/aromatic N) is 4. The molecule has 11 heavy (non-hydrogen) atoms. The van der Waals surface area contributed by atoms with Crippen molar-refractivity contribution in [2.75, 3.05) is 7.11 Å². The van der Waals surface area contributed by atoms with E-state index in [2.05, 4.69) is 20.3 Å². The topological polar surface area (TPSA) is 73.1 Å². The van der Waals surface area contributed by atoms with Crippen molar-refractivity contribution >= 4 is 0 Å². The van der Waals surface area contributed by atoms with Crippen molar-refractivity contribution < 1.29 is 9.84 Å². The Morgan fingerprint density at radius 2 is 2.45 bits per heavy atom. The van der Waals surface area contributed by atoms with Gasteiger partial charge >= 0.3 is 0 Å². The number of aromatic nitrogens is 4. The summed E-state index contributed by atoms with van der Waals surface area (Å²) >= 11 is 0. The Labute approximate surface area is 63.8 Å². The fraction of sp³-hybridized carbons (Fsp3) is 0.800. The summed E-state index contributed by atoms with van der Waals surface area (Å²) in [7, 11) is 1.42. The SMILES string of the molecule is COC(O)Cn1nnnc1C. The number of aliphatic hydroxyl groups excluding tert-OH is 1. The molecule has 62 valence electrons. The largest absolute Gasteiger partial charge is 0.366 e. The van der Waals surface area contributed by atoms with Crippen LogP contribution in [0.3, 0.4) is 0 Å². The first-order chi connectivity index (χ1) is 5.24. The van der Waals surface area contributed by atoms with Gasteiger partial charge in [0.05, 0.1) is 6.54 Å². The smallest absolute Gasteiger partial charge is 0.174 e. The number of tetrazole rings is 1. The van der Waals surface area contributed by atoms with Crippen LogP contribution in [0.4, 0.5) is 0 Å². The third-order valence-corrected chi connectivity index (χ3v) is 1.31. The van der Waals surface area contributed by atoms with Crippen LogP contribution in [0.1, 0.15) is 5.82 Å². The van der Waals surface area contributed by atoms with Gasteiger partial charge in [-0.05, 0) is 17.4 Å². The normalized spacial score (nSPS) is 13.4. The molecular formula is C5H10N4O2. The maximum absolute atomic E-state index is 9.02. The van der Waals surface area contributed by atoms with Gasteiger partial charge in [0.15, 0.2) is 6.29 Å². The second-order valence-electron chi connectivity index (χ2n) is 2.10. The molecule has 0 aromatic carbocycles. The second-order valence-corrected chi connectivity index (χ2v) is 2.10. The number of rotatable bonds is 3. The monoisotopic (exact) mass is 158 g/mol. The van der Waals surface area contributed by atoms with Crippen molar-refractivity contribution in [2.45, 2.75) is 19.8 Å². The molecule has 1 heterocycles. The van der Waals surface area contributed by atoms with Gasteiger partial charge in [-0.3, -0.25) is 0 Å². The third kappa shape index (κ3) is 1.95. The molecule has 0 amide bonds. The molecule has 0 saturated carbocycles. The molecule has 1 unspecified atom stereocenters. The van der Waals surface area contributed by atoms with Crippen LogP contribution in [0.25, 0.3) is 0 Å². The van der Waals surface area contributed by atoms with Gasteiger partial charge < -0.3 is 9.84 Å². The van der Waals surface area contributed by atoms with E-state index in [0.717, 1.165) is 0 Å². The second kappa shape index (κ2) is 3.40. The molecule has 0 bridgehead atoms. The summed E-state index contributed by atoms with van der Waals surface area (Å²) in [5, 5.41) is 19.7. The lowest BCUT2D eigenvalue weighted by Gasteiger charge is -2.07. The minimum atomic E-state index is -0.850. The van der Waals surface area contributed by atoms with E-state index < -0.39 is 6.29 Å². The highest BCUT2D eigenvalue weighted by molar-refractivity contribution is 4.72. The van der Waals surface area contributed by atoms with Crippen molar-refractivity contribution in [1.29, 1.82) is 0 Å². The maximum Gasteiger partial charge on any atom is 0.174 e. The van der Waals surface area contributed by atoms with Crippen LogP contribution in [0.2, 0.25) is 0 Å². The molecule has 0 saturated heterocycles. The Morgan fingerprint density at radius 3 is 2.91 bits per heavy atom. The number of aliphatic hydroxyl groups is 1. The number of hydrogen-bond donors (Lipinski definition) is 1. The molecular weight excluding hydrogens is 148 g/mol. The lowest BCUT2D eigenvalue weighted by Crippen LogP contribution is -2.19. The minimum absolute atomic E-state index is 0.259. The Balaban J connectivity index is 2.56. The van der Waals surface area contributed by atoms with Gasteiger partial charge in [0.25, 0.3) is 0 Å². The Bertz CT molecular complexity index is 224. The molecule has 1 aromatic rings. The van der Waals surface area contributed by atoms with Gasteiger partial charge in [-0.25, -0.2) is 4.68 Å². The average Bonchev–Trinajstić information content (AvgIpc) is 2.37. The number of methoxy groups -OCH3 is 1. The zero-order chi connectivity index (χ0) is 8.27. The van der Waals surface area contributed by atoms with Gasteiger partial charge in [0.2, 0.25) is 0 Å². The van der Waals surface area contributed by atoms with Gasteiger partial charge in [-0.15, -0.1) is 5.10 Å². The number of hydrogen-bond acceptors (Lipinski definition) is 5. The molecule has 0 aliphatic carbocycles. The van der Waals surface area contributed by atoms with E-state index in [1.807, 2.05) is 0 Å². The van der Waals surface area contributed by atoms with Crippen LogP contribution in [0.5, 0.6) is 0 Å². The van der Waals surface area contributed by atoms with Crippen molar-refractivity contribution in [3.63, 3.8) is 0 Å². The summed E-state index contributed by atoms with van der Waals surface area (Å²) in [6.45, 7) is 2.01. The highest BCUT2D eigenvalue weighted by Crippen LogP contribution is 1.92.